The van der Waals surface area contributed by atoms with Crippen LogP contribution in [0.25, 0.3) is 28.0 Å². The lowest BCUT2D eigenvalue weighted by Gasteiger charge is -2.23. The molecule has 204 valence electrons. The zero-order chi connectivity index (χ0) is 27.3. The lowest BCUT2D eigenvalue weighted by molar-refractivity contribution is -0.192. The minimum atomic E-state index is -5.08. The van der Waals surface area contributed by atoms with Crippen LogP contribution in [-0.4, -0.2) is 77.2 Å². The third-order valence-electron chi connectivity index (χ3n) is 6.15. The van der Waals surface area contributed by atoms with E-state index in [2.05, 4.69) is 40.7 Å². The molecule has 1 saturated heterocycles. The van der Waals surface area contributed by atoms with Crippen molar-refractivity contribution in [2.75, 3.05) is 19.7 Å². The summed E-state index contributed by atoms with van der Waals surface area (Å²) in [5.74, 6) is -2.76. The molecule has 38 heavy (non-hydrogen) atoms. The van der Waals surface area contributed by atoms with Gasteiger partial charge in [-0.2, -0.15) is 28.5 Å². The Morgan fingerprint density at radius 3 is 2.55 bits per heavy atom. The number of carboxylic acids is 1. The summed E-state index contributed by atoms with van der Waals surface area (Å²) in [7, 11) is 0. The standard InChI is InChI=1S/C22H28N8O.C2HF3O2/c1-3-18(4-2)29-13-17(10-26-29)22-21-5-6-24-30(21)15-20(27-22)16-9-25-28(12-16)14-19-11-23-7-8-31-19;3-2(4,5)1(6)7/h5-6,9-10,12-13,15,18-19,23H,3-4,7-8,11,14H2,1-2H3;(H,6,7)/t19-;/m0./s1. The summed E-state index contributed by atoms with van der Waals surface area (Å²) in [6.07, 6.45) is 8.75. The van der Waals surface area contributed by atoms with Gasteiger partial charge < -0.3 is 15.2 Å². The highest BCUT2D eigenvalue weighted by molar-refractivity contribution is 5.78. The van der Waals surface area contributed by atoms with E-state index in [1.54, 1.807) is 6.20 Å². The van der Waals surface area contributed by atoms with E-state index in [1.807, 2.05) is 44.7 Å². The van der Waals surface area contributed by atoms with Crippen LogP contribution in [0.3, 0.4) is 0 Å². The number of carbonyl (C=O) groups is 1. The van der Waals surface area contributed by atoms with Gasteiger partial charge in [-0.1, -0.05) is 13.8 Å². The Morgan fingerprint density at radius 2 is 1.89 bits per heavy atom. The maximum absolute atomic E-state index is 10.6. The van der Waals surface area contributed by atoms with Gasteiger partial charge in [0.2, 0.25) is 0 Å². The highest BCUT2D eigenvalue weighted by atomic mass is 19.4. The number of carboxylic acid groups (broad SMARTS) is 1. The van der Waals surface area contributed by atoms with E-state index in [9.17, 15) is 13.2 Å². The highest BCUT2D eigenvalue weighted by Crippen LogP contribution is 2.28. The molecule has 0 aliphatic carbocycles. The molecule has 0 aromatic carbocycles. The lowest BCUT2D eigenvalue weighted by atomic mass is 10.1. The Bertz CT molecular complexity index is 1350. The Balaban J connectivity index is 0.000000426. The van der Waals surface area contributed by atoms with Gasteiger partial charge in [0.15, 0.2) is 0 Å². The molecule has 2 N–H and O–H groups in total. The molecule has 0 saturated carbocycles. The second-order valence-corrected chi connectivity index (χ2v) is 8.77. The van der Waals surface area contributed by atoms with Crippen LogP contribution in [0.5, 0.6) is 0 Å². The Morgan fingerprint density at radius 1 is 1.16 bits per heavy atom. The molecule has 14 heteroatoms. The summed E-state index contributed by atoms with van der Waals surface area (Å²) in [6.45, 7) is 7.59. The molecule has 5 rings (SSSR count). The van der Waals surface area contributed by atoms with Gasteiger partial charge in [0.05, 0.1) is 67.0 Å². The molecule has 1 fully saturated rings. The van der Waals surface area contributed by atoms with Crippen LogP contribution in [0.1, 0.15) is 32.7 Å². The van der Waals surface area contributed by atoms with Crippen molar-refractivity contribution in [1.29, 1.82) is 0 Å². The van der Waals surface area contributed by atoms with E-state index in [1.165, 1.54) is 0 Å². The third-order valence-corrected chi connectivity index (χ3v) is 6.15. The fourth-order valence-corrected chi connectivity index (χ4v) is 4.14. The quantitative estimate of drug-likeness (QED) is 0.370. The van der Waals surface area contributed by atoms with Crippen molar-refractivity contribution in [3.63, 3.8) is 0 Å². The molecule has 1 aliphatic heterocycles. The molecule has 4 aromatic rings. The minimum absolute atomic E-state index is 0.134. The number of aliphatic carboxylic acids is 1. The van der Waals surface area contributed by atoms with E-state index in [-0.39, 0.29) is 6.10 Å². The fraction of sp³-hybridized carbons (Fsp3) is 0.458. The van der Waals surface area contributed by atoms with E-state index in [4.69, 9.17) is 19.6 Å². The van der Waals surface area contributed by atoms with Crippen molar-refractivity contribution in [1.82, 2.24) is 39.5 Å². The van der Waals surface area contributed by atoms with Crippen molar-refractivity contribution < 1.29 is 27.8 Å². The van der Waals surface area contributed by atoms with Crippen LogP contribution in [0, 0.1) is 0 Å². The molecule has 0 bridgehead atoms. The van der Waals surface area contributed by atoms with Gasteiger partial charge in [-0.05, 0) is 18.9 Å². The van der Waals surface area contributed by atoms with Gasteiger partial charge in [-0.15, -0.1) is 0 Å². The number of ether oxygens (including phenoxy) is 1. The van der Waals surface area contributed by atoms with Gasteiger partial charge in [0.25, 0.3) is 0 Å². The second-order valence-electron chi connectivity index (χ2n) is 8.77. The SMILES string of the molecule is CCC(CC)n1cc(-c2nc(-c3cnn(C[C@@H]4CNCCO4)c3)cn3nccc23)cn1.O=C(O)C(F)(F)F. The molecule has 1 aliphatic rings. The summed E-state index contributed by atoms with van der Waals surface area (Å²) in [5, 5.41) is 24.1. The minimum Gasteiger partial charge on any atom is -0.475 e. The normalized spacial score (nSPS) is 16.0. The summed E-state index contributed by atoms with van der Waals surface area (Å²) in [4.78, 5) is 13.9. The van der Waals surface area contributed by atoms with Crippen molar-refractivity contribution >= 4 is 11.5 Å². The molecular formula is C24H29F3N8O3. The predicted octanol–water partition coefficient (Wildman–Crippen LogP) is 3.44. The number of alkyl halides is 3. The Labute approximate surface area is 216 Å². The number of morpholine rings is 1. The molecule has 0 spiro atoms. The van der Waals surface area contributed by atoms with Crippen molar-refractivity contribution in [2.24, 2.45) is 0 Å². The molecular weight excluding hydrogens is 505 g/mol. The average molecular weight is 535 g/mol. The number of rotatable bonds is 7. The first-order valence-corrected chi connectivity index (χ1v) is 12.2. The molecule has 0 unspecified atom stereocenters. The maximum Gasteiger partial charge on any atom is 0.490 e. The molecule has 1 atom stereocenters. The average Bonchev–Trinajstić information content (AvgIpc) is 3.66. The number of nitrogens with one attached hydrogen (secondary N) is 1. The van der Waals surface area contributed by atoms with E-state index < -0.39 is 12.1 Å². The smallest absolute Gasteiger partial charge is 0.475 e. The molecule has 4 aromatic heterocycles. The van der Waals surface area contributed by atoms with Crippen molar-refractivity contribution in [3.05, 3.63) is 43.2 Å². The maximum atomic E-state index is 10.6. The number of aromatic nitrogens is 7. The highest BCUT2D eigenvalue weighted by Gasteiger charge is 2.38. The van der Waals surface area contributed by atoms with Gasteiger partial charge in [0, 0.05) is 36.6 Å². The number of fused-ring (bicyclic) bond motifs is 1. The summed E-state index contributed by atoms with van der Waals surface area (Å²) >= 11 is 0. The Kier molecular flexibility index (Phi) is 8.42. The second kappa shape index (κ2) is 11.7. The zero-order valence-electron chi connectivity index (χ0n) is 21.0. The topological polar surface area (TPSA) is 124 Å². The van der Waals surface area contributed by atoms with E-state index in [0.29, 0.717) is 12.6 Å². The summed E-state index contributed by atoms with van der Waals surface area (Å²) in [5.41, 5.74) is 4.61. The van der Waals surface area contributed by atoms with Crippen LogP contribution in [0.4, 0.5) is 13.2 Å². The zero-order valence-corrected chi connectivity index (χ0v) is 21.0. The molecule has 5 heterocycles. The fourth-order valence-electron chi connectivity index (χ4n) is 4.14. The van der Waals surface area contributed by atoms with Crippen molar-refractivity contribution in [2.45, 2.75) is 51.6 Å². The third kappa shape index (κ3) is 6.37. The van der Waals surface area contributed by atoms with Crippen LogP contribution < -0.4 is 5.32 Å². The lowest BCUT2D eigenvalue weighted by Crippen LogP contribution is -2.40. The van der Waals surface area contributed by atoms with Gasteiger partial charge in [0.1, 0.15) is 0 Å². The van der Waals surface area contributed by atoms with Crippen LogP contribution in [-0.2, 0) is 16.1 Å². The number of halogens is 3. The van der Waals surface area contributed by atoms with Gasteiger partial charge in [-0.25, -0.2) is 14.3 Å². The van der Waals surface area contributed by atoms with Gasteiger partial charge >= 0.3 is 12.1 Å². The van der Waals surface area contributed by atoms with Crippen molar-refractivity contribution in [3.8, 4) is 22.5 Å². The predicted molar refractivity (Wildman–Crippen MR) is 131 cm³/mol. The van der Waals surface area contributed by atoms with E-state index >= 15 is 0 Å². The largest absolute Gasteiger partial charge is 0.490 e. The number of hydrogen-bond acceptors (Lipinski definition) is 7. The first kappa shape index (κ1) is 27.3. The summed E-state index contributed by atoms with van der Waals surface area (Å²) in [6, 6.07) is 2.38. The Hall–Kier alpha value is -3.78. The number of hydrogen-bond donors (Lipinski definition) is 2. The first-order valence-electron chi connectivity index (χ1n) is 12.2. The molecule has 0 amide bonds. The van der Waals surface area contributed by atoms with Crippen LogP contribution >= 0.6 is 0 Å². The summed E-state index contributed by atoms with van der Waals surface area (Å²) < 4.78 is 43.4. The molecule has 0 radical (unpaired) electrons. The molecule has 11 nitrogen and oxygen atoms in total. The van der Waals surface area contributed by atoms with Crippen LogP contribution in [0.2, 0.25) is 0 Å². The monoisotopic (exact) mass is 534 g/mol. The number of nitrogens with zero attached hydrogens (tertiary/aromatic N) is 7. The van der Waals surface area contributed by atoms with Crippen LogP contribution in [0.15, 0.2) is 43.2 Å². The van der Waals surface area contributed by atoms with Gasteiger partial charge in [-0.3, -0.25) is 9.36 Å². The first-order chi connectivity index (χ1) is 18.2. The van der Waals surface area contributed by atoms with E-state index in [0.717, 1.165) is 60.6 Å².